The predicted octanol–water partition coefficient (Wildman–Crippen LogP) is 4.40. The maximum Gasteiger partial charge on any atom is 0.327 e. The number of H-pyrrole nitrogens is 1. The Hall–Kier alpha value is -4.01. The molecule has 3 aromatic rings. The third kappa shape index (κ3) is 7.10. The summed E-state index contributed by atoms with van der Waals surface area (Å²) in [6.45, 7) is 10.5. The zero-order valence-corrected chi connectivity index (χ0v) is 23.2. The minimum atomic E-state index is -0.631. The Morgan fingerprint density at radius 2 is 1.62 bits per heavy atom. The first-order valence-corrected chi connectivity index (χ1v) is 13.5. The predicted molar refractivity (Wildman–Crippen MR) is 150 cm³/mol. The van der Waals surface area contributed by atoms with Crippen LogP contribution in [0.4, 0.5) is 0 Å². The Morgan fingerprint density at radius 1 is 1.00 bits per heavy atom. The molecule has 0 spiro atoms. The number of hydrogen-bond acceptors (Lipinski definition) is 5. The second kappa shape index (κ2) is 13.2. The molecule has 9 nitrogen and oxygen atoms in total. The van der Waals surface area contributed by atoms with E-state index in [4.69, 9.17) is 0 Å². The molecule has 4 amide bonds. The van der Waals surface area contributed by atoms with Crippen molar-refractivity contribution in [2.45, 2.75) is 84.1 Å². The van der Waals surface area contributed by atoms with E-state index in [9.17, 15) is 24.0 Å². The summed E-state index contributed by atoms with van der Waals surface area (Å²) in [6.07, 6.45) is 2.71. The van der Waals surface area contributed by atoms with Gasteiger partial charge in [-0.15, -0.1) is 0 Å². The zero-order valence-electron chi connectivity index (χ0n) is 23.2. The number of benzene rings is 2. The van der Waals surface area contributed by atoms with Crippen LogP contribution in [0.25, 0.3) is 11.0 Å². The van der Waals surface area contributed by atoms with Gasteiger partial charge in [0.1, 0.15) is 6.04 Å². The average Bonchev–Trinajstić information content (AvgIpc) is 3.22. The maximum atomic E-state index is 12.2. The molecule has 9 heteroatoms. The quantitative estimate of drug-likeness (QED) is 0.291. The molecular weight excluding hydrogens is 496 g/mol. The number of aromatic nitrogens is 2. The fourth-order valence-electron chi connectivity index (χ4n) is 4.76. The molecular formula is C30H38N4O5. The molecule has 1 saturated heterocycles. The van der Waals surface area contributed by atoms with Gasteiger partial charge in [-0.2, -0.15) is 0 Å². The van der Waals surface area contributed by atoms with Gasteiger partial charge in [-0.1, -0.05) is 71.4 Å². The lowest BCUT2D eigenvalue weighted by Gasteiger charge is -2.21. The smallest absolute Gasteiger partial charge is 0.306 e. The van der Waals surface area contributed by atoms with Crippen molar-refractivity contribution in [2.24, 2.45) is 0 Å². The summed E-state index contributed by atoms with van der Waals surface area (Å²) in [4.78, 5) is 60.4. The van der Waals surface area contributed by atoms with Crippen molar-refractivity contribution in [3.8, 4) is 0 Å². The summed E-state index contributed by atoms with van der Waals surface area (Å²) in [5, 5.41) is 4.53. The van der Waals surface area contributed by atoms with Gasteiger partial charge >= 0.3 is 5.69 Å². The van der Waals surface area contributed by atoms with Crippen LogP contribution in [-0.2, 0) is 19.2 Å². The molecule has 0 bridgehead atoms. The molecule has 2 heterocycles. The lowest BCUT2D eigenvalue weighted by molar-refractivity contribution is -0.136. The molecule has 0 saturated carbocycles. The highest BCUT2D eigenvalue weighted by molar-refractivity contribution is 6.00. The number of imide groups is 2. The fourth-order valence-corrected chi connectivity index (χ4v) is 4.76. The first-order valence-electron chi connectivity index (χ1n) is 13.5. The van der Waals surface area contributed by atoms with Crippen molar-refractivity contribution in [1.82, 2.24) is 20.2 Å². The largest absolute Gasteiger partial charge is 0.327 e. The second-order valence-electron chi connectivity index (χ2n) is 10.5. The number of carbonyl (C=O) groups excluding carboxylic acids is 4. The van der Waals surface area contributed by atoms with E-state index in [1.165, 1.54) is 10.1 Å². The van der Waals surface area contributed by atoms with Crippen LogP contribution in [-0.4, -0.2) is 33.7 Å². The SMILES string of the molecule is CC(C)c1ccc2c(c1)[nH]c(=O)n2C1CCC(=O)NC1=O.CCCC(C(=O)NC=O)c1ccc(C(C)C)cc1. The Balaban J connectivity index is 0.000000219. The number of carbonyl (C=O) groups is 4. The van der Waals surface area contributed by atoms with Crippen molar-refractivity contribution >= 4 is 35.2 Å². The summed E-state index contributed by atoms with van der Waals surface area (Å²) in [5.41, 5.74) is 4.44. The van der Waals surface area contributed by atoms with E-state index in [0.29, 0.717) is 30.2 Å². The molecule has 208 valence electrons. The Labute approximate surface area is 228 Å². The van der Waals surface area contributed by atoms with E-state index >= 15 is 0 Å². The first-order chi connectivity index (χ1) is 18.6. The van der Waals surface area contributed by atoms with Crippen molar-refractivity contribution < 1.29 is 19.2 Å². The van der Waals surface area contributed by atoms with Gasteiger partial charge in [0, 0.05) is 6.42 Å². The van der Waals surface area contributed by atoms with Crippen molar-refractivity contribution in [3.05, 3.63) is 69.6 Å². The first kappa shape index (κ1) is 29.5. The van der Waals surface area contributed by atoms with Gasteiger partial charge in [0.2, 0.25) is 24.1 Å². The minimum Gasteiger partial charge on any atom is -0.306 e. The molecule has 2 aromatic carbocycles. The Morgan fingerprint density at radius 3 is 2.18 bits per heavy atom. The van der Waals surface area contributed by atoms with Gasteiger partial charge in [0.15, 0.2) is 0 Å². The molecule has 1 aliphatic rings. The summed E-state index contributed by atoms with van der Waals surface area (Å²) in [5.74, 6) is -0.316. The molecule has 2 atom stereocenters. The highest BCUT2D eigenvalue weighted by atomic mass is 16.2. The Bertz CT molecular complexity index is 1380. The van der Waals surface area contributed by atoms with E-state index in [0.717, 1.165) is 29.5 Å². The second-order valence-corrected chi connectivity index (χ2v) is 10.5. The van der Waals surface area contributed by atoms with Crippen LogP contribution in [0.2, 0.25) is 0 Å². The average molecular weight is 535 g/mol. The number of hydrogen-bond donors (Lipinski definition) is 3. The molecule has 1 aromatic heterocycles. The normalized spacial score (nSPS) is 16.0. The van der Waals surface area contributed by atoms with E-state index in [-0.39, 0.29) is 29.8 Å². The summed E-state index contributed by atoms with van der Waals surface area (Å²) >= 11 is 0. The number of rotatable bonds is 8. The van der Waals surface area contributed by atoms with Crippen LogP contribution in [0, 0.1) is 0 Å². The van der Waals surface area contributed by atoms with E-state index in [2.05, 4.69) is 55.4 Å². The molecule has 1 aliphatic heterocycles. The molecule has 4 rings (SSSR count). The van der Waals surface area contributed by atoms with E-state index in [1.54, 1.807) is 0 Å². The summed E-state index contributed by atoms with van der Waals surface area (Å²) in [7, 11) is 0. The highest BCUT2D eigenvalue weighted by Crippen LogP contribution is 2.25. The molecule has 3 N–H and O–H groups in total. The molecule has 1 fully saturated rings. The van der Waals surface area contributed by atoms with Gasteiger partial charge in [0.25, 0.3) is 0 Å². The summed E-state index contributed by atoms with van der Waals surface area (Å²) < 4.78 is 1.45. The number of nitrogens with one attached hydrogen (secondary N) is 3. The lowest BCUT2D eigenvalue weighted by atomic mass is 9.91. The van der Waals surface area contributed by atoms with Gasteiger partial charge < -0.3 is 4.98 Å². The van der Waals surface area contributed by atoms with Crippen molar-refractivity contribution in [3.63, 3.8) is 0 Å². The van der Waals surface area contributed by atoms with Crippen LogP contribution >= 0.6 is 0 Å². The number of nitrogens with zero attached hydrogens (tertiary/aromatic N) is 1. The number of aromatic amines is 1. The Kier molecular flexibility index (Phi) is 9.98. The molecule has 0 aliphatic carbocycles. The van der Waals surface area contributed by atoms with Crippen molar-refractivity contribution in [2.75, 3.05) is 0 Å². The highest BCUT2D eigenvalue weighted by Gasteiger charge is 2.30. The van der Waals surface area contributed by atoms with Gasteiger partial charge in [-0.05, 0) is 53.5 Å². The van der Waals surface area contributed by atoms with Crippen molar-refractivity contribution in [1.29, 1.82) is 0 Å². The number of imidazole rings is 1. The fraction of sp³-hybridized carbons (Fsp3) is 0.433. The molecule has 39 heavy (non-hydrogen) atoms. The number of fused-ring (bicyclic) bond motifs is 1. The standard InChI is InChI=1S/C15H17N3O3.C15H21NO2/c1-8(2)9-3-4-11-10(7-9)16-15(21)18(11)12-5-6-13(19)17-14(12)20;1-4-5-14(15(18)16-10-17)13-8-6-12(7-9-13)11(2)3/h3-4,7-8,12H,5-6H2,1-2H3,(H,16,21)(H,17,19,20);6-11,14H,4-5H2,1-3H3,(H,16,17,18). The maximum absolute atomic E-state index is 12.2. The third-order valence-corrected chi connectivity index (χ3v) is 7.03. The molecule has 0 radical (unpaired) electrons. The topological polar surface area (TPSA) is 130 Å². The minimum absolute atomic E-state index is 0.218. The zero-order chi connectivity index (χ0) is 28.7. The van der Waals surface area contributed by atoms with E-state index < -0.39 is 11.9 Å². The van der Waals surface area contributed by atoms with Crippen LogP contribution in [0.3, 0.4) is 0 Å². The van der Waals surface area contributed by atoms with Crippen LogP contribution in [0.1, 0.15) is 101 Å². The van der Waals surface area contributed by atoms with Gasteiger partial charge in [-0.3, -0.25) is 34.4 Å². The van der Waals surface area contributed by atoms with E-state index in [1.807, 2.05) is 37.3 Å². The van der Waals surface area contributed by atoms with Crippen LogP contribution in [0.5, 0.6) is 0 Å². The van der Waals surface area contributed by atoms with Gasteiger partial charge in [0.05, 0.1) is 17.0 Å². The van der Waals surface area contributed by atoms with Crippen LogP contribution in [0.15, 0.2) is 47.3 Å². The monoisotopic (exact) mass is 534 g/mol. The van der Waals surface area contributed by atoms with Crippen LogP contribution < -0.4 is 16.3 Å². The summed E-state index contributed by atoms with van der Waals surface area (Å²) in [6, 6.07) is 13.2. The van der Waals surface area contributed by atoms with Gasteiger partial charge in [-0.25, -0.2) is 4.79 Å². The lowest BCUT2D eigenvalue weighted by Crippen LogP contribution is -2.43. The number of piperidine rings is 1. The molecule has 2 unspecified atom stereocenters. The third-order valence-electron chi connectivity index (χ3n) is 7.03. The number of amides is 4.